The molecule has 25 heavy (non-hydrogen) atoms. The van der Waals surface area contributed by atoms with Crippen LogP contribution in [-0.4, -0.2) is 29.6 Å². The van der Waals surface area contributed by atoms with E-state index < -0.39 is 0 Å². The Morgan fingerprint density at radius 3 is 2.48 bits per heavy atom. The van der Waals surface area contributed by atoms with E-state index in [0.29, 0.717) is 18.3 Å². The highest BCUT2D eigenvalue weighted by molar-refractivity contribution is 7.80. The minimum Gasteiger partial charge on any atom is -0.494 e. The van der Waals surface area contributed by atoms with Gasteiger partial charge in [0.15, 0.2) is 5.11 Å². The van der Waals surface area contributed by atoms with Gasteiger partial charge in [-0.3, -0.25) is 10.1 Å². The maximum Gasteiger partial charge on any atom is 0.250 e. The number of carbonyl (C=O) groups excluding carboxylic acids is 1. The van der Waals surface area contributed by atoms with Crippen molar-refractivity contribution in [2.75, 3.05) is 13.7 Å². The van der Waals surface area contributed by atoms with Crippen molar-refractivity contribution in [3.05, 3.63) is 71.8 Å². The molecule has 2 rings (SSSR count). The fraction of sp³-hybridized carbons (Fsp3) is 0.200. The number of rotatable bonds is 6. The molecule has 0 heterocycles. The van der Waals surface area contributed by atoms with Crippen molar-refractivity contribution >= 4 is 29.3 Å². The smallest absolute Gasteiger partial charge is 0.250 e. The average molecular weight is 354 g/mol. The van der Waals surface area contributed by atoms with Gasteiger partial charge in [-0.05, 0) is 48.5 Å². The van der Waals surface area contributed by atoms with Gasteiger partial charge < -0.3 is 9.64 Å². The number of hydrogen-bond acceptors (Lipinski definition) is 3. The van der Waals surface area contributed by atoms with Gasteiger partial charge >= 0.3 is 0 Å². The SMILES string of the molecule is CCOc1ccc(/C=C/C(=O)NC(=S)N(C)Cc2ccccc2)cc1. The summed E-state index contributed by atoms with van der Waals surface area (Å²) in [5, 5.41) is 3.10. The number of benzene rings is 2. The number of thiocarbonyl (C=S) groups is 1. The van der Waals surface area contributed by atoms with Crippen LogP contribution < -0.4 is 10.1 Å². The van der Waals surface area contributed by atoms with Gasteiger partial charge in [0.1, 0.15) is 5.75 Å². The first-order chi connectivity index (χ1) is 12.1. The summed E-state index contributed by atoms with van der Waals surface area (Å²) in [6.07, 6.45) is 3.21. The van der Waals surface area contributed by atoms with Crippen LogP contribution in [0.4, 0.5) is 0 Å². The van der Waals surface area contributed by atoms with E-state index in [1.807, 2.05) is 73.5 Å². The van der Waals surface area contributed by atoms with Crippen molar-refractivity contribution in [1.82, 2.24) is 10.2 Å². The van der Waals surface area contributed by atoms with E-state index in [4.69, 9.17) is 17.0 Å². The molecule has 2 aromatic carbocycles. The number of amides is 1. The minimum atomic E-state index is -0.251. The van der Waals surface area contributed by atoms with E-state index in [-0.39, 0.29) is 5.91 Å². The first-order valence-corrected chi connectivity index (χ1v) is 8.50. The van der Waals surface area contributed by atoms with Crippen LogP contribution in [0, 0.1) is 0 Å². The van der Waals surface area contributed by atoms with Crippen LogP contribution in [0.25, 0.3) is 6.08 Å². The van der Waals surface area contributed by atoms with Gasteiger partial charge in [-0.2, -0.15) is 0 Å². The van der Waals surface area contributed by atoms with Crippen molar-refractivity contribution in [3.63, 3.8) is 0 Å². The molecule has 0 atom stereocenters. The Morgan fingerprint density at radius 1 is 1.16 bits per heavy atom. The van der Waals surface area contributed by atoms with E-state index in [0.717, 1.165) is 16.9 Å². The average Bonchev–Trinajstić information content (AvgIpc) is 2.62. The lowest BCUT2D eigenvalue weighted by molar-refractivity contribution is -0.115. The molecular formula is C20H22N2O2S. The number of nitrogens with one attached hydrogen (secondary N) is 1. The third kappa shape index (κ3) is 6.39. The molecule has 1 N–H and O–H groups in total. The van der Waals surface area contributed by atoms with E-state index in [2.05, 4.69) is 5.32 Å². The first kappa shape index (κ1) is 18.7. The molecule has 4 nitrogen and oxygen atoms in total. The van der Waals surface area contributed by atoms with Crippen LogP contribution in [-0.2, 0) is 11.3 Å². The third-order valence-electron chi connectivity index (χ3n) is 3.46. The van der Waals surface area contributed by atoms with Crippen molar-refractivity contribution in [2.24, 2.45) is 0 Å². The molecule has 130 valence electrons. The van der Waals surface area contributed by atoms with Crippen molar-refractivity contribution in [3.8, 4) is 5.75 Å². The summed E-state index contributed by atoms with van der Waals surface area (Å²) >= 11 is 5.27. The van der Waals surface area contributed by atoms with Gasteiger partial charge in [0.2, 0.25) is 5.91 Å². The number of hydrogen-bond donors (Lipinski definition) is 1. The van der Waals surface area contributed by atoms with Crippen LogP contribution >= 0.6 is 12.2 Å². The van der Waals surface area contributed by atoms with Crippen LogP contribution in [0.15, 0.2) is 60.7 Å². The normalized spacial score (nSPS) is 10.5. The molecule has 0 spiro atoms. The second-order valence-electron chi connectivity index (χ2n) is 5.47. The zero-order valence-electron chi connectivity index (χ0n) is 14.4. The highest BCUT2D eigenvalue weighted by Gasteiger charge is 2.07. The van der Waals surface area contributed by atoms with E-state index in [9.17, 15) is 4.79 Å². The summed E-state index contributed by atoms with van der Waals surface area (Å²) in [6.45, 7) is 3.21. The van der Waals surface area contributed by atoms with Gasteiger partial charge in [0.25, 0.3) is 0 Å². The summed E-state index contributed by atoms with van der Waals surface area (Å²) in [7, 11) is 1.85. The highest BCUT2D eigenvalue weighted by atomic mass is 32.1. The second-order valence-corrected chi connectivity index (χ2v) is 5.86. The molecule has 0 radical (unpaired) electrons. The van der Waals surface area contributed by atoms with Crippen LogP contribution in [0.5, 0.6) is 5.75 Å². The Bertz CT molecular complexity index is 727. The molecule has 2 aromatic rings. The van der Waals surface area contributed by atoms with Gasteiger partial charge in [0, 0.05) is 19.7 Å². The van der Waals surface area contributed by atoms with Gasteiger partial charge in [-0.15, -0.1) is 0 Å². The summed E-state index contributed by atoms with van der Waals surface area (Å²) in [5.74, 6) is 0.562. The lowest BCUT2D eigenvalue weighted by Crippen LogP contribution is -2.39. The Labute approximate surface area is 154 Å². The van der Waals surface area contributed by atoms with Gasteiger partial charge in [-0.1, -0.05) is 42.5 Å². The van der Waals surface area contributed by atoms with Gasteiger partial charge in [-0.25, -0.2) is 0 Å². The Kier molecular flexibility index (Phi) is 7.16. The van der Waals surface area contributed by atoms with E-state index >= 15 is 0 Å². The van der Waals surface area contributed by atoms with E-state index in [1.54, 1.807) is 6.08 Å². The first-order valence-electron chi connectivity index (χ1n) is 8.09. The fourth-order valence-corrected chi connectivity index (χ4v) is 2.35. The maximum atomic E-state index is 12.0. The molecule has 0 bridgehead atoms. The molecule has 5 heteroatoms. The Balaban J connectivity index is 1.85. The molecule has 0 saturated heterocycles. The number of ether oxygens (including phenoxy) is 1. The minimum absolute atomic E-state index is 0.251. The molecule has 0 unspecified atom stereocenters. The summed E-state index contributed by atoms with van der Waals surface area (Å²) in [4.78, 5) is 13.8. The van der Waals surface area contributed by atoms with Crippen molar-refractivity contribution in [2.45, 2.75) is 13.5 Å². The zero-order chi connectivity index (χ0) is 18.1. The monoisotopic (exact) mass is 354 g/mol. The van der Waals surface area contributed by atoms with E-state index in [1.165, 1.54) is 6.08 Å². The molecule has 0 aromatic heterocycles. The summed E-state index contributed by atoms with van der Waals surface area (Å²) < 4.78 is 5.39. The zero-order valence-corrected chi connectivity index (χ0v) is 15.3. The summed E-state index contributed by atoms with van der Waals surface area (Å²) in [5.41, 5.74) is 2.05. The standard InChI is InChI=1S/C20H22N2O2S/c1-3-24-18-12-9-16(10-13-18)11-14-19(23)21-20(25)22(2)15-17-7-5-4-6-8-17/h4-14H,3,15H2,1-2H3,(H,21,23,25)/b14-11+. The Morgan fingerprint density at radius 2 is 1.84 bits per heavy atom. The number of nitrogens with zero attached hydrogens (tertiary/aromatic N) is 1. The van der Waals surface area contributed by atoms with Crippen molar-refractivity contribution < 1.29 is 9.53 Å². The lowest BCUT2D eigenvalue weighted by atomic mass is 10.2. The molecule has 0 aliphatic rings. The largest absolute Gasteiger partial charge is 0.494 e. The lowest BCUT2D eigenvalue weighted by Gasteiger charge is -2.19. The number of carbonyl (C=O) groups is 1. The molecule has 0 aliphatic carbocycles. The third-order valence-corrected chi connectivity index (χ3v) is 3.87. The second kappa shape index (κ2) is 9.59. The summed E-state index contributed by atoms with van der Waals surface area (Å²) in [6, 6.07) is 17.5. The fourth-order valence-electron chi connectivity index (χ4n) is 2.19. The predicted octanol–water partition coefficient (Wildman–Crippen LogP) is 3.63. The van der Waals surface area contributed by atoms with Crippen LogP contribution in [0.3, 0.4) is 0 Å². The highest BCUT2D eigenvalue weighted by Crippen LogP contribution is 2.13. The predicted molar refractivity (Wildman–Crippen MR) is 105 cm³/mol. The van der Waals surface area contributed by atoms with Gasteiger partial charge in [0.05, 0.1) is 6.61 Å². The molecular weight excluding hydrogens is 332 g/mol. The Hall–Kier alpha value is -2.66. The molecule has 0 saturated carbocycles. The molecule has 0 aliphatic heterocycles. The molecule has 1 amide bonds. The van der Waals surface area contributed by atoms with Crippen molar-refractivity contribution in [1.29, 1.82) is 0 Å². The maximum absolute atomic E-state index is 12.0. The molecule has 0 fully saturated rings. The quantitative estimate of drug-likeness (QED) is 0.635. The van der Waals surface area contributed by atoms with Crippen LogP contribution in [0.1, 0.15) is 18.1 Å². The van der Waals surface area contributed by atoms with Crippen LogP contribution in [0.2, 0.25) is 0 Å². The topological polar surface area (TPSA) is 41.6 Å².